The van der Waals surface area contributed by atoms with Crippen molar-refractivity contribution >= 4 is 16.6 Å². The summed E-state index contributed by atoms with van der Waals surface area (Å²) in [6.07, 6.45) is 1.79. The standard InChI is InChI=1S/C14H18N2O/c1-10(14(2,3)17)16-12-6-7-13-11(9-12)5-4-8-15-13/h4-10,16-17H,1-3H3. The Kier molecular flexibility index (Phi) is 3.03. The number of benzene rings is 1. The monoisotopic (exact) mass is 230 g/mol. The van der Waals surface area contributed by atoms with Crippen LogP contribution >= 0.6 is 0 Å². The molecule has 0 aliphatic carbocycles. The number of hydrogen-bond donors (Lipinski definition) is 2. The van der Waals surface area contributed by atoms with E-state index in [0.29, 0.717) is 0 Å². The maximum atomic E-state index is 9.89. The van der Waals surface area contributed by atoms with Crippen LogP contribution in [-0.4, -0.2) is 21.7 Å². The predicted molar refractivity (Wildman–Crippen MR) is 71.1 cm³/mol. The molecule has 3 nitrogen and oxygen atoms in total. The van der Waals surface area contributed by atoms with Gasteiger partial charge in [-0.05, 0) is 45.0 Å². The molecule has 0 radical (unpaired) electrons. The molecule has 17 heavy (non-hydrogen) atoms. The molecule has 0 amide bonds. The lowest BCUT2D eigenvalue weighted by molar-refractivity contribution is 0.0649. The fraction of sp³-hybridized carbons (Fsp3) is 0.357. The second-order valence-electron chi connectivity index (χ2n) is 4.93. The fourth-order valence-electron chi connectivity index (χ4n) is 1.59. The van der Waals surface area contributed by atoms with Crippen molar-refractivity contribution in [3.8, 4) is 0 Å². The number of fused-ring (bicyclic) bond motifs is 1. The normalized spacial score (nSPS) is 13.6. The number of aliphatic hydroxyl groups is 1. The Hall–Kier alpha value is -1.61. The molecule has 1 atom stereocenters. The molecule has 3 heteroatoms. The van der Waals surface area contributed by atoms with E-state index in [1.807, 2.05) is 37.3 Å². The third-order valence-electron chi connectivity index (χ3n) is 3.05. The van der Waals surface area contributed by atoms with Crippen molar-refractivity contribution in [3.63, 3.8) is 0 Å². The van der Waals surface area contributed by atoms with Crippen molar-refractivity contribution < 1.29 is 5.11 Å². The summed E-state index contributed by atoms with van der Waals surface area (Å²) in [4.78, 5) is 4.27. The molecule has 0 spiro atoms. The minimum absolute atomic E-state index is 0.0170. The van der Waals surface area contributed by atoms with Gasteiger partial charge in [-0.15, -0.1) is 0 Å². The lowest BCUT2D eigenvalue weighted by Crippen LogP contribution is -2.39. The van der Waals surface area contributed by atoms with E-state index >= 15 is 0 Å². The highest BCUT2D eigenvalue weighted by Crippen LogP contribution is 2.20. The van der Waals surface area contributed by atoms with Crippen LogP contribution in [0.25, 0.3) is 10.9 Å². The summed E-state index contributed by atoms with van der Waals surface area (Å²) in [6.45, 7) is 5.56. The fourth-order valence-corrected chi connectivity index (χ4v) is 1.59. The van der Waals surface area contributed by atoms with Crippen molar-refractivity contribution in [3.05, 3.63) is 36.5 Å². The van der Waals surface area contributed by atoms with Crippen molar-refractivity contribution in [1.29, 1.82) is 0 Å². The Morgan fingerprint density at radius 3 is 2.76 bits per heavy atom. The lowest BCUT2D eigenvalue weighted by atomic mass is 10.0. The summed E-state index contributed by atoms with van der Waals surface area (Å²) in [5, 5.41) is 14.3. The van der Waals surface area contributed by atoms with E-state index in [1.54, 1.807) is 20.0 Å². The van der Waals surface area contributed by atoms with E-state index in [4.69, 9.17) is 0 Å². The Bertz CT molecular complexity index is 517. The summed E-state index contributed by atoms with van der Waals surface area (Å²) < 4.78 is 0. The van der Waals surface area contributed by atoms with E-state index < -0.39 is 5.60 Å². The highest BCUT2D eigenvalue weighted by Gasteiger charge is 2.21. The molecular formula is C14H18N2O. The molecule has 1 aromatic heterocycles. The second kappa shape index (κ2) is 4.34. The molecule has 90 valence electrons. The summed E-state index contributed by atoms with van der Waals surface area (Å²) in [5.41, 5.74) is 1.23. The zero-order valence-electron chi connectivity index (χ0n) is 10.4. The third kappa shape index (κ3) is 2.74. The van der Waals surface area contributed by atoms with E-state index in [-0.39, 0.29) is 6.04 Å². The van der Waals surface area contributed by atoms with Gasteiger partial charge in [-0.2, -0.15) is 0 Å². The van der Waals surface area contributed by atoms with E-state index in [2.05, 4.69) is 10.3 Å². The van der Waals surface area contributed by atoms with Crippen LogP contribution in [0.1, 0.15) is 20.8 Å². The minimum atomic E-state index is -0.746. The molecule has 1 unspecified atom stereocenters. The molecule has 0 aliphatic heterocycles. The molecule has 0 saturated heterocycles. The van der Waals surface area contributed by atoms with Gasteiger partial charge in [0.2, 0.25) is 0 Å². The number of hydrogen-bond acceptors (Lipinski definition) is 3. The van der Waals surface area contributed by atoms with Crippen LogP contribution < -0.4 is 5.32 Å². The molecule has 2 aromatic rings. The second-order valence-corrected chi connectivity index (χ2v) is 4.93. The van der Waals surface area contributed by atoms with Gasteiger partial charge in [0, 0.05) is 17.3 Å². The van der Waals surface area contributed by atoms with Crippen molar-refractivity contribution in [2.75, 3.05) is 5.32 Å². The van der Waals surface area contributed by atoms with E-state index in [0.717, 1.165) is 16.6 Å². The highest BCUT2D eigenvalue weighted by molar-refractivity contribution is 5.82. The largest absolute Gasteiger partial charge is 0.388 e. The Labute approximate surface area is 102 Å². The van der Waals surface area contributed by atoms with Gasteiger partial charge < -0.3 is 10.4 Å². The Morgan fingerprint density at radius 2 is 2.06 bits per heavy atom. The molecule has 0 saturated carbocycles. The number of nitrogens with zero attached hydrogens (tertiary/aromatic N) is 1. The number of pyridine rings is 1. The third-order valence-corrected chi connectivity index (χ3v) is 3.05. The molecule has 0 aliphatic rings. The Balaban J connectivity index is 2.25. The Morgan fingerprint density at radius 1 is 1.29 bits per heavy atom. The first-order chi connectivity index (χ1) is 7.97. The van der Waals surface area contributed by atoms with Gasteiger partial charge in [-0.1, -0.05) is 6.07 Å². The van der Waals surface area contributed by atoms with Crippen LogP contribution in [0.3, 0.4) is 0 Å². The first-order valence-corrected chi connectivity index (χ1v) is 5.80. The maximum absolute atomic E-state index is 9.89. The number of nitrogens with one attached hydrogen (secondary N) is 1. The van der Waals surface area contributed by atoms with Gasteiger partial charge in [0.05, 0.1) is 17.2 Å². The quantitative estimate of drug-likeness (QED) is 0.852. The molecule has 1 heterocycles. The van der Waals surface area contributed by atoms with Gasteiger partial charge in [0.15, 0.2) is 0 Å². The van der Waals surface area contributed by atoms with E-state index in [1.165, 1.54) is 0 Å². The maximum Gasteiger partial charge on any atom is 0.0789 e. The molecule has 2 rings (SSSR count). The summed E-state index contributed by atoms with van der Waals surface area (Å²) in [7, 11) is 0. The average Bonchev–Trinajstić information content (AvgIpc) is 2.27. The van der Waals surface area contributed by atoms with Gasteiger partial charge in [-0.25, -0.2) is 0 Å². The van der Waals surface area contributed by atoms with Crippen LogP contribution in [-0.2, 0) is 0 Å². The zero-order valence-corrected chi connectivity index (χ0v) is 10.4. The molecular weight excluding hydrogens is 212 g/mol. The highest BCUT2D eigenvalue weighted by atomic mass is 16.3. The first kappa shape index (κ1) is 11.9. The van der Waals surface area contributed by atoms with Gasteiger partial charge in [-0.3, -0.25) is 4.98 Å². The van der Waals surface area contributed by atoms with E-state index in [9.17, 15) is 5.11 Å². The van der Waals surface area contributed by atoms with Crippen LogP contribution in [0.15, 0.2) is 36.5 Å². The average molecular weight is 230 g/mol. The molecule has 0 fully saturated rings. The van der Waals surface area contributed by atoms with Crippen molar-refractivity contribution in [2.24, 2.45) is 0 Å². The smallest absolute Gasteiger partial charge is 0.0789 e. The van der Waals surface area contributed by atoms with Crippen LogP contribution in [0.5, 0.6) is 0 Å². The van der Waals surface area contributed by atoms with Gasteiger partial charge in [0.25, 0.3) is 0 Å². The first-order valence-electron chi connectivity index (χ1n) is 5.80. The predicted octanol–water partition coefficient (Wildman–Crippen LogP) is 2.81. The van der Waals surface area contributed by atoms with Crippen molar-refractivity contribution in [1.82, 2.24) is 4.98 Å². The summed E-state index contributed by atoms with van der Waals surface area (Å²) in [6, 6.07) is 9.95. The number of aromatic nitrogens is 1. The lowest BCUT2D eigenvalue weighted by Gasteiger charge is -2.27. The topological polar surface area (TPSA) is 45.2 Å². The summed E-state index contributed by atoms with van der Waals surface area (Å²) in [5.74, 6) is 0. The molecule has 2 N–H and O–H groups in total. The van der Waals surface area contributed by atoms with Crippen LogP contribution in [0.2, 0.25) is 0 Å². The molecule has 0 bridgehead atoms. The number of rotatable bonds is 3. The molecule has 1 aromatic carbocycles. The van der Waals surface area contributed by atoms with Crippen LogP contribution in [0, 0.1) is 0 Å². The van der Waals surface area contributed by atoms with Crippen molar-refractivity contribution in [2.45, 2.75) is 32.4 Å². The van der Waals surface area contributed by atoms with Gasteiger partial charge >= 0.3 is 0 Å². The van der Waals surface area contributed by atoms with Gasteiger partial charge in [0.1, 0.15) is 0 Å². The number of anilines is 1. The SMILES string of the molecule is CC(Nc1ccc2ncccc2c1)C(C)(C)O. The summed E-state index contributed by atoms with van der Waals surface area (Å²) >= 11 is 0. The minimum Gasteiger partial charge on any atom is -0.388 e. The zero-order chi connectivity index (χ0) is 12.5. The van der Waals surface area contributed by atoms with Crippen LogP contribution in [0.4, 0.5) is 5.69 Å².